The van der Waals surface area contributed by atoms with Crippen molar-refractivity contribution in [2.45, 2.75) is 51.5 Å². The first-order valence-electron chi connectivity index (χ1n) is 11.5. The second-order valence-electron chi connectivity index (χ2n) is 8.88. The highest BCUT2D eigenvalue weighted by Crippen LogP contribution is 2.30. The van der Waals surface area contributed by atoms with E-state index in [9.17, 15) is 13.2 Å². The topological polar surface area (TPSA) is 76.9 Å². The fourth-order valence-corrected chi connectivity index (χ4v) is 4.13. The van der Waals surface area contributed by atoms with E-state index in [2.05, 4.69) is 38.3 Å². The van der Waals surface area contributed by atoms with Crippen molar-refractivity contribution in [3.8, 4) is 11.4 Å². The molecule has 1 saturated heterocycles. The van der Waals surface area contributed by atoms with Crippen molar-refractivity contribution in [2.75, 3.05) is 13.2 Å². The minimum Gasteiger partial charge on any atom is -0.493 e. The minimum atomic E-state index is -4.66. The summed E-state index contributed by atoms with van der Waals surface area (Å²) in [4.78, 5) is 0. The molecule has 2 aromatic carbocycles. The second kappa shape index (κ2) is 10.5. The lowest BCUT2D eigenvalue weighted by molar-refractivity contribution is -0.146. The van der Waals surface area contributed by atoms with E-state index in [0.29, 0.717) is 29.5 Å². The molecule has 0 saturated carbocycles. The first-order chi connectivity index (χ1) is 16.3. The Bertz CT molecular complexity index is 1070. The molecule has 2 N–H and O–H groups in total. The molecule has 0 aliphatic carbocycles. The molecule has 0 spiro atoms. The molecule has 3 aromatic rings. The first kappa shape index (κ1) is 24.2. The van der Waals surface area contributed by atoms with Crippen molar-refractivity contribution < 1.29 is 17.9 Å². The van der Waals surface area contributed by atoms with Crippen LogP contribution in [0.3, 0.4) is 0 Å². The van der Waals surface area contributed by atoms with Crippen molar-refractivity contribution in [1.29, 1.82) is 0 Å². The number of benzene rings is 2. The molecule has 4 rings (SSSR count). The van der Waals surface area contributed by atoms with Gasteiger partial charge >= 0.3 is 6.18 Å². The predicted molar refractivity (Wildman–Crippen MR) is 122 cm³/mol. The van der Waals surface area contributed by atoms with Crippen LogP contribution in [0.5, 0.6) is 5.75 Å². The van der Waals surface area contributed by atoms with Gasteiger partial charge in [-0.25, -0.2) is 0 Å². The molecule has 10 heteroatoms. The molecule has 2 atom stereocenters. The number of ether oxygens (including phenoxy) is 1. The molecule has 0 unspecified atom stereocenters. The molecule has 0 radical (unpaired) electrons. The summed E-state index contributed by atoms with van der Waals surface area (Å²) in [6.07, 6.45) is -2.64. The Labute approximate surface area is 196 Å². The zero-order valence-electron chi connectivity index (χ0n) is 19.2. The number of nitrogens with zero attached hydrogens (tertiary/aromatic N) is 4. The molecule has 2 heterocycles. The van der Waals surface area contributed by atoms with Crippen LogP contribution in [-0.4, -0.2) is 39.4 Å². The summed E-state index contributed by atoms with van der Waals surface area (Å²) in [6, 6.07) is 15.4. The number of aromatic nitrogens is 4. The Kier molecular flexibility index (Phi) is 7.47. The SMILES string of the molecule is CC(C)COc1ccc(-n2nnnc2C(F)(F)F)cc1CN[C@H]1CCCN[C@H]1c1ccccc1. The molecule has 1 aliphatic rings. The third kappa shape index (κ3) is 5.74. The summed E-state index contributed by atoms with van der Waals surface area (Å²) in [5.74, 6) is -0.226. The maximum atomic E-state index is 13.3. The zero-order valence-corrected chi connectivity index (χ0v) is 19.2. The van der Waals surface area contributed by atoms with Crippen molar-refractivity contribution >= 4 is 0 Å². The Morgan fingerprint density at radius 1 is 1.18 bits per heavy atom. The molecular formula is C24H29F3N6O. The van der Waals surface area contributed by atoms with Crippen LogP contribution in [0.25, 0.3) is 5.69 Å². The number of tetrazole rings is 1. The highest BCUT2D eigenvalue weighted by molar-refractivity contribution is 5.44. The molecule has 182 valence electrons. The van der Waals surface area contributed by atoms with Crippen LogP contribution in [0.2, 0.25) is 0 Å². The van der Waals surface area contributed by atoms with E-state index in [-0.39, 0.29) is 17.8 Å². The number of hydrogen-bond donors (Lipinski definition) is 2. The Balaban J connectivity index is 1.59. The molecule has 34 heavy (non-hydrogen) atoms. The van der Waals surface area contributed by atoms with Gasteiger partial charge in [-0.05, 0) is 59.5 Å². The number of alkyl halides is 3. The highest BCUT2D eigenvalue weighted by Gasteiger charge is 2.38. The van der Waals surface area contributed by atoms with Gasteiger partial charge in [-0.2, -0.15) is 17.9 Å². The molecule has 7 nitrogen and oxygen atoms in total. The van der Waals surface area contributed by atoms with Gasteiger partial charge < -0.3 is 15.4 Å². The molecular weight excluding hydrogens is 445 g/mol. The number of nitrogens with one attached hydrogen (secondary N) is 2. The number of halogens is 3. The van der Waals surface area contributed by atoms with Crippen molar-refractivity contribution in [3.05, 3.63) is 65.5 Å². The van der Waals surface area contributed by atoms with Gasteiger partial charge in [0.2, 0.25) is 0 Å². The molecule has 1 fully saturated rings. The summed E-state index contributed by atoms with van der Waals surface area (Å²) < 4.78 is 46.7. The summed E-state index contributed by atoms with van der Waals surface area (Å²) in [6.45, 7) is 5.96. The highest BCUT2D eigenvalue weighted by atomic mass is 19.4. The summed E-state index contributed by atoms with van der Waals surface area (Å²) in [7, 11) is 0. The van der Waals surface area contributed by atoms with E-state index < -0.39 is 12.0 Å². The van der Waals surface area contributed by atoms with E-state index in [1.165, 1.54) is 5.56 Å². The smallest absolute Gasteiger partial charge is 0.453 e. The van der Waals surface area contributed by atoms with Crippen molar-refractivity contribution in [2.24, 2.45) is 5.92 Å². The van der Waals surface area contributed by atoms with Crippen LogP contribution in [0.4, 0.5) is 13.2 Å². The monoisotopic (exact) mass is 474 g/mol. The van der Waals surface area contributed by atoms with Gasteiger partial charge in [-0.3, -0.25) is 0 Å². The van der Waals surface area contributed by atoms with Gasteiger partial charge in [0.15, 0.2) is 0 Å². The number of rotatable bonds is 8. The fraction of sp³-hybridized carbons (Fsp3) is 0.458. The maximum absolute atomic E-state index is 13.3. The van der Waals surface area contributed by atoms with E-state index in [1.54, 1.807) is 18.2 Å². The lowest BCUT2D eigenvalue weighted by atomic mass is 9.92. The molecule has 1 aliphatic heterocycles. The quantitative estimate of drug-likeness (QED) is 0.507. The number of piperidine rings is 1. The van der Waals surface area contributed by atoms with Gasteiger partial charge in [-0.1, -0.05) is 44.2 Å². The normalized spacial score (nSPS) is 18.9. The van der Waals surface area contributed by atoms with E-state index in [0.717, 1.165) is 24.9 Å². The predicted octanol–water partition coefficient (Wildman–Crippen LogP) is 4.30. The molecule has 0 amide bonds. The Hall–Kier alpha value is -2.98. The van der Waals surface area contributed by atoms with Gasteiger partial charge in [0.05, 0.1) is 12.3 Å². The lowest BCUT2D eigenvalue weighted by Gasteiger charge is -2.34. The number of hydrogen-bond acceptors (Lipinski definition) is 6. The molecule has 1 aromatic heterocycles. The third-order valence-electron chi connectivity index (χ3n) is 5.76. The second-order valence-corrected chi connectivity index (χ2v) is 8.88. The van der Waals surface area contributed by atoms with Crippen molar-refractivity contribution in [3.63, 3.8) is 0 Å². The van der Waals surface area contributed by atoms with Gasteiger partial charge in [0.25, 0.3) is 5.82 Å². The standard InChI is InChI=1S/C24H29F3N6O/c1-16(2)15-34-21-11-10-19(33-23(24(25,26)27)30-31-32-33)13-18(21)14-29-20-9-6-12-28-22(20)17-7-4-3-5-8-17/h3-5,7-8,10-11,13,16,20,22,28-29H,6,9,12,14-15H2,1-2H3/t20-,22-/m0/s1. The Morgan fingerprint density at radius 3 is 2.71 bits per heavy atom. The van der Waals surface area contributed by atoms with E-state index in [4.69, 9.17) is 4.74 Å². The van der Waals surface area contributed by atoms with Gasteiger partial charge in [-0.15, -0.1) is 5.10 Å². The van der Waals surface area contributed by atoms with Crippen LogP contribution in [-0.2, 0) is 12.7 Å². The Morgan fingerprint density at radius 2 is 1.97 bits per heavy atom. The van der Waals surface area contributed by atoms with Crippen LogP contribution < -0.4 is 15.4 Å². The summed E-state index contributed by atoms with van der Waals surface area (Å²) in [5, 5.41) is 17.1. The maximum Gasteiger partial charge on any atom is 0.453 e. The summed E-state index contributed by atoms with van der Waals surface area (Å²) >= 11 is 0. The van der Waals surface area contributed by atoms with Crippen LogP contribution >= 0.6 is 0 Å². The zero-order chi connectivity index (χ0) is 24.1. The minimum absolute atomic E-state index is 0.148. The lowest BCUT2D eigenvalue weighted by Crippen LogP contribution is -2.45. The van der Waals surface area contributed by atoms with Gasteiger partial charge in [0.1, 0.15) is 5.75 Å². The third-order valence-corrected chi connectivity index (χ3v) is 5.76. The largest absolute Gasteiger partial charge is 0.493 e. The van der Waals surface area contributed by atoms with Gasteiger partial charge in [0, 0.05) is 24.2 Å². The van der Waals surface area contributed by atoms with E-state index in [1.807, 2.05) is 32.0 Å². The first-order valence-corrected chi connectivity index (χ1v) is 11.5. The molecule has 0 bridgehead atoms. The van der Waals surface area contributed by atoms with Crippen LogP contribution in [0.15, 0.2) is 48.5 Å². The van der Waals surface area contributed by atoms with E-state index >= 15 is 0 Å². The summed E-state index contributed by atoms with van der Waals surface area (Å²) in [5.41, 5.74) is 2.18. The average molecular weight is 475 g/mol. The average Bonchev–Trinajstić information content (AvgIpc) is 3.33. The van der Waals surface area contributed by atoms with Crippen molar-refractivity contribution in [1.82, 2.24) is 30.8 Å². The fourth-order valence-electron chi connectivity index (χ4n) is 4.13. The van der Waals surface area contributed by atoms with Crippen LogP contribution in [0.1, 0.15) is 49.7 Å². The van der Waals surface area contributed by atoms with Crippen LogP contribution in [0, 0.1) is 5.92 Å².